The molecule has 27 heavy (non-hydrogen) atoms. The van der Waals surface area contributed by atoms with E-state index in [1.165, 1.54) is 12.1 Å². The Hall–Kier alpha value is -2.64. The van der Waals surface area contributed by atoms with E-state index in [9.17, 15) is 14.3 Å². The van der Waals surface area contributed by atoms with Gasteiger partial charge < -0.3 is 24.8 Å². The van der Waals surface area contributed by atoms with Crippen molar-refractivity contribution in [2.45, 2.75) is 19.6 Å². The Bertz CT molecular complexity index is 770. The summed E-state index contributed by atoms with van der Waals surface area (Å²) in [5, 5.41) is 12.1. The van der Waals surface area contributed by atoms with Crippen LogP contribution in [0.15, 0.2) is 42.5 Å². The minimum Gasteiger partial charge on any atom is -0.467 e. The second-order valence-corrected chi connectivity index (χ2v) is 6.28. The zero-order chi connectivity index (χ0) is 19.1. The number of aliphatic hydroxyl groups excluding tert-OH is 1. The fourth-order valence-electron chi connectivity index (χ4n) is 3.04. The highest BCUT2D eigenvalue weighted by Crippen LogP contribution is 2.29. The smallest absolute Gasteiger partial charge is 0.317 e. The predicted molar refractivity (Wildman–Crippen MR) is 97.7 cm³/mol. The van der Waals surface area contributed by atoms with Crippen LogP contribution in [-0.4, -0.2) is 42.5 Å². The van der Waals surface area contributed by atoms with Gasteiger partial charge in [0.1, 0.15) is 11.6 Å². The number of aliphatic hydroxyl groups is 1. The molecule has 0 saturated carbocycles. The standard InChI is InChI=1S/C20H23FN2O4/c21-18-10-16(19-17(11-18)13-26-14-27-19)6-7-22-20(25)23(8-9-24)12-15-4-2-1-3-5-15/h1-5,10-11,24H,6-9,12-14H2,(H,22,25). The largest absolute Gasteiger partial charge is 0.467 e. The van der Waals surface area contributed by atoms with Crippen LogP contribution in [0.5, 0.6) is 5.75 Å². The van der Waals surface area contributed by atoms with E-state index < -0.39 is 0 Å². The van der Waals surface area contributed by atoms with Crippen molar-refractivity contribution in [3.8, 4) is 5.75 Å². The summed E-state index contributed by atoms with van der Waals surface area (Å²) in [6, 6.07) is 12.1. The van der Waals surface area contributed by atoms with Crippen LogP contribution in [0.25, 0.3) is 0 Å². The predicted octanol–water partition coefficient (Wildman–Crippen LogP) is 2.44. The molecule has 0 saturated heterocycles. The maximum absolute atomic E-state index is 13.8. The Labute approximate surface area is 157 Å². The van der Waals surface area contributed by atoms with Crippen LogP contribution in [0.3, 0.4) is 0 Å². The van der Waals surface area contributed by atoms with Crippen LogP contribution in [0.4, 0.5) is 9.18 Å². The fourth-order valence-corrected chi connectivity index (χ4v) is 3.04. The molecule has 1 heterocycles. The Kier molecular flexibility index (Phi) is 6.62. The molecule has 2 N–H and O–H groups in total. The third-order valence-corrected chi connectivity index (χ3v) is 4.30. The molecule has 3 rings (SSSR count). The minimum atomic E-state index is -0.352. The topological polar surface area (TPSA) is 71.0 Å². The second-order valence-electron chi connectivity index (χ2n) is 6.28. The molecule has 0 bridgehead atoms. The lowest BCUT2D eigenvalue weighted by Crippen LogP contribution is -2.41. The summed E-state index contributed by atoms with van der Waals surface area (Å²) >= 11 is 0. The molecular formula is C20H23FN2O4. The maximum atomic E-state index is 13.8. The molecule has 0 aliphatic carbocycles. The number of carbonyl (C=O) groups is 1. The van der Waals surface area contributed by atoms with Gasteiger partial charge in [-0.25, -0.2) is 9.18 Å². The molecule has 0 atom stereocenters. The maximum Gasteiger partial charge on any atom is 0.317 e. The summed E-state index contributed by atoms with van der Waals surface area (Å²) < 4.78 is 24.4. The van der Waals surface area contributed by atoms with Gasteiger partial charge in [0, 0.05) is 25.2 Å². The zero-order valence-electron chi connectivity index (χ0n) is 15.0. The average molecular weight is 374 g/mol. The Morgan fingerprint density at radius 3 is 2.85 bits per heavy atom. The van der Waals surface area contributed by atoms with Crippen molar-refractivity contribution < 1.29 is 23.8 Å². The number of rotatable bonds is 7. The number of amides is 2. The highest BCUT2D eigenvalue weighted by Gasteiger charge is 2.18. The van der Waals surface area contributed by atoms with Crippen molar-refractivity contribution in [1.29, 1.82) is 0 Å². The molecule has 6 nitrogen and oxygen atoms in total. The van der Waals surface area contributed by atoms with E-state index >= 15 is 0 Å². The van der Waals surface area contributed by atoms with Crippen LogP contribution in [0, 0.1) is 5.82 Å². The molecule has 2 amide bonds. The first kappa shape index (κ1) is 19.1. The second kappa shape index (κ2) is 9.34. The van der Waals surface area contributed by atoms with Crippen molar-refractivity contribution in [2.24, 2.45) is 0 Å². The summed E-state index contributed by atoms with van der Waals surface area (Å²) in [5.74, 6) is 0.281. The average Bonchev–Trinajstić information content (AvgIpc) is 2.68. The SMILES string of the molecule is O=C(NCCc1cc(F)cc2c1OCOC2)N(CCO)Cc1ccccc1. The highest BCUT2D eigenvalue weighted by atomic mass is 19.1. The molecule has 2 aromatic carbocycles. The first-order chi connectivity index (χ1) is 13.2. The van der Waals surface area contributed by atoms with Gasteiger partial charge in [0.25, 0.3) is 0 Å². The lowest BCUT2D eigenvalue weighted by molar-refractivity contribution is -0.0172. The Morgan fingerprint density at radius 1 is 1.26 bits per heavy atom. The fraction of sp³-hybridized carbons (Fsp3) is 0.350. The van der Waals surface area contributed by atoms with E-state index in [1.54, 1.807) is 4.90 Å². The Balaban J connectivity index is 1.59. The van der Waals surface area contributed by atoms with Crippen molar-refractivity contribution in [3.05, 3.63) is 65.0 Å². The van der Waals surface area contributed by atoms with Gasteiger partial charge in [-0.05, 0) is 29.7 Å². The van der Waals surface area contributed by atoms with Crippen LogP contribution in [0.1, 0.15) is 16.7 Å². The number of carbonyl (C=O) groups excluding carboxylic acids is 1. The zero-order valence-corrected chi connectivity index (χ0v) is 15.0. The first-order valence-corrected chi connectivity index (χ1v) is 8.87. The molecule has 0 fully saturated rings. The molecule has 0 radical (unpaired) electrons. The van der Waals surface area contributed by atoms with Crippen LogP contribution in [0.2, 0.25) is 0 Å². The van der Waals surface area contributed by atoms with Crippen LogP contribution < -0.4 is 10.1 Å². The van der Waals surface area contributed by atoms with Gasteiger partial charge in [0.15, 0.2) is 6.79 Å². The lowest BCUT2D eigenvalue weighted by Gasteiger charge is -2.23. The number of benzene rings is 2. The molecule has 1 aliphatic heterocycles. The lowest BCUT2D eigenvalue weighted by atomic mass is 10.1. The number of ether oxygens (including phenoxy) is 2. The first-order valence-electron chi connectivity index (χ1n) is 8.87. The van der Waals surface area contributed by atoms with E-state index in [4.69, 9.17) is 9.47 Å². The van der Waals surface area contributed by atoms with Crippen molar-refractivity contribution in [3.63, 3.8) is 0 Å². The molecule has 0 spiro atoms. The summed E-state index contributed by atoms with van der Waals surface area (Å²) in [6.07, 6.45) is 0.435. The molecule has 0 unspecified atom stereocenters. The van der Waals surface area contributed by atoms with Gasteiger partial charge in [-0.2, -0.15) is 0 Å². The van der Waals surface area contributed by atoms with E-state index in [-0.39, 0.29) is 31.8 Å². The van der Waals surface area contributed by atoms with E-state index in [0.717, 1.165) is 5.56 Å². The summed E-state index contributed by atoms with van der Waals surface area (Å²) in [5.41, 5.74) is 2.35. The summed E-state index contributed by atoms with van der Waals surface area (Å²) in [4.78, 5) is 14.0. The summed E-state index contributed by atoms with van der Waals surface area (Å²) in [7, 11) is 0. The van der Waals surface area contributed by atoms with Gasteiger partial charge in [-0.15, -0.1) is 0 Å². The van der Waals surface area contributed by atoms with Crippen molar-refractivity contribution in [1.82, 2.24) is 10.2 Å². The number of nitrogens with zero attached hydrogens (tertiary/aromatic N) is 1. The molecule has 0 aromatic heterocycles. The van der Waals surface area contributed by atoms with Gasteiger partial charge in [0.2, 0.25) is 0 Å². The third-order valence-electron chi connectivity index (χ3n) is 4.30. The third kappa shape index (κ3) is 5.18. The Morgan fingerprint density at radius 2 is 2.07 bits per heavy atom. The monoisotopic (exact) mass is 374 g/mol. The molecule has 7 heteroatoms. The van der Waals surface area contributed by atoms with Gasteiger partial charge >= 0.3 is 6.03 Å². The van der Waals surface area contributed by atoms with Crippen LogP contribution in [-0.2, 0) is 24.3 Å². The number of halogens is 1. The van der Waals surface area contributed by atoms with E-state index in [2.05, 4.69) is 5.32 Å². The number of nitrogens with one attached hydrogen (secondary N) is 1. The molecule has 1 aliphatic rings. The summed E-state index contributed by atoms with van der Waals surface area (Å²) in [6.45, 7) is 1.30. The van der Waals surface area contributed by atoms with Gasteiger partial charge in [0.05, 0.1) is 13.2 Å². The minimum absolute atomic E-state index is 0.120. The highest BCUT2D eigenvalue weighted by molar-refractivity contribution is 5.74. The van der Waals surface area contributed by atoms with Crippen molar-refractivity contribution in [2.75, 3.05) is 26.5 Å². The normalized spacial score (nSPS) is 12.8. The number of urea groups is 1. The van der Waals surface area contributed by atoms with Crippen molar-refractivity contribution >= 4 is 6.03 Å². The van der Waals surface area contributed by atoms with Gasteiger partial charge in [-0.1, -0.05) is 30.3 Å². The number of hydrogen-bond donors (Lipinski definition) is 2. The molecule has 144 valence electrons. The molecule has 2 aromatic rings. The van der Waals surface area contributed by atoms with E-state index in [1.807, 2.05) is 30.3 Å². The molecular weight excluding hydrogens is 351 g/mol. The van der Waals surface area contributed by atoms with Gasteiger partial charge in [-0.3, -0.25) is 0 Å². The number of hydrogen-bond acceptors (Lipinski definition) is 4. The number of fused-ring (bicyclic) bond motifs is 1. The quantitative estimate of drug-likeness (QED) is 0.781. The van der Waals surface area contributed by atoms with E-state index in [0.29, 0.717) is 43.0 Å². The van der Waals surface area contributed by atoms with Crippen LogP contribution >= 0.6 is 0 Å².